The second kappa shape index (κ2) is 3.50. The van der Waals surface area contributed by atoms with Gasteiger partial charge >= 0.3 is 0 Å². The third-order valence-electron chi connectivity index (χ3n) is 2.84. The van der Waals surface area contributed by atoms with E-state index in [0.29, 0.717) is 0 Å². The van der Waals surface area contributed by atoms with E-state index in [1.807, 2.05) is 33.0 Å². The zero-order valence-corrected chi connectivity index (χ0v) is 9.22. The second-order valence-electron chi connectivity index (χ2n) is 3.80. The summed E-state index contributed by atoms with van der Waals surface area (Å²) in [5.74, 6) is 0. The van der Waals surface area contributed by atoms with Crippen molar-refractivity contribution in [2.24, 2.45) is 0 Å². The Balaban J connectivity index is 2.87. The Morgan fingerprint density at radius 2 is 2.13 bits per heavy atom. The van der Waals surface area contributed by atoms with Gasteiger partial charge in [0.25, 0.3) is 5.56 Å². The van der Waals surface area contributed by atoms with Crippen LogP contribution in [-0.4, -0.2) is 9.97 Å². The number of aromatic amines is 1. The van der Waals surface area contributed by atoms with Crippen LogP contribution >= 0.6 is 0 Å². The molecule has 2 rings (SSSR count). The molecule has 0 amide bonds. The molecule has 2 aromatic heterocycles. The smallest absolute Gasteiger partial charge is 0.251 e. The van der Waals surface area contributed by atoms with Gasteiger partial charge in [-0.3, -0.25) is 9.78 Å². The number of nitrogens with zero attached hydrogens (tertiary/aromatic N) is 1. The maximum Gasteiger partial charge on any atom is 0.251 e. The lowest BCUT2D eigenvalue weighted by molar-refractivity contribution is 1.07. The number of hydrogen-bond acceptors (Lipinski definition) is 2. The number of H-pyrrole nitrogens is 1. The summed E-state index contributed by atoms with van der Waals surface area (Å²) in [5, 5.41) is 0. The fraction of sp³-hybridized carbons (Fsp3) is 0.333. The van der Waals surface area contributed by atoms with E-state index in [9.17, 15) is 4.79 Å². The van der Waals surface area contributed by atoms with Crippen molar-refractivity contribution in [1.82, 2.24) is 9.97 Å². The summed E-state index contributed by atoms with van der Waals surface area (Å²) in [6.45, 7) is 5.96. The highest BCUT2D eigenvalue weighted by molar-refractivity contribution is 5.78. The van der Waals surface area contributed by atoms with E-state index in [2.05, 4.69) is 9.97 Å². The summed E-state index contributed by atoms with van der Waals surface area (Å²) >= 11 is 0. The SMILES string of the molecule is CCc1cc2ncc(C)c(C)c2[nH]c1=O. The molecular formula is C12H14N2O. The highest BCUT2D eigenvalue weighted by Gasteiger charge is 2.05. The number of hydrogen-bond donors (Lipinski definition) is 1. The molecule has 0 spiro atoms. The number of aromatic nitrogens is 2. The molecule has 0 saturated heterocycles. The zero-order chi connectivity index (χ0) is 11.0. The zero-order valence-electron chi connectivity index (χ0n) is 9.22. The first-order valence-corrected chi connectivity index (χ1v) is 5.11. The number of rotatable bonds is 1. The Morgan fingerprint density at radius 3 is 2.80 bits per heavy atom. The summed E-state index contributed by atoms with van der Waals surface area (Å²) < 4.78 is 0. The van der Waals surface area contributed by atoms with Gasteiger partial charge in [0.05, 0.1) is 11.0 Å². The molecule has 0 atom stereocenters. The highest BCUT2D eigenvalue weighted by atomic mass is 16.1. The van der Waals surface area contributed by atoms with Crippen LogP contribution in [0.25, 0.3) is 11.0 Å². The van der Waals surface area contributed by atoms with Crippen LogP contribution in [0.15, 0.2) is 17.1 Å². The van der Waals surface area contributed by atoms with E-state index in [4.69, 9.17) is 0 Å². The van der Waals surface area contributed by atoms with Gasteiger partial charge in [0.15, 0.2) is 0 Å². The quantitative estimate of drug-likeness (QED) is 0.769. The van der Waals surface area contributed by atoms with Gasteiger partial charge in [0, 0.05) is 11.8 Å². The summed E-state index contributed by atoms with van der Waals surface area (Å²) in [5.41, 5.74) is 4.72. The number of aryl methyl sites for hydroxylation is 3. The first-order valence-electron chi connectivity index (χ1n) is 5.11. The van der Waals surface area contributed by atoms with Crippen LogP contribution in [0.4, 0.5) is 0 Å². The largest absolute Gasteiger partial charge is 0.320 e. The van der Waals surface area contributed by atoms with Crippen molar-refractivity contribution in [3.63, 3.8) is 0 Å². The predicted molar refractivity (Wildman–Crippen MR) is 61.2 cm³/mol. The van der Waals surface area contributed by atoms with E-state index in [1.54, 1.807) is 0 Å². The van der Waals surface area contributed by atoms with Gasteiger partial charge in [-0.15, -0.1) is 0 Å². The minimum absolute atomic E-state index is 0.000463. The standard InChI is InChI=1S/C12H14N2O/c1-4-9-5-10-11(14-12(9)15)8(3)7(2)6-13-10/h5-6H,4H2,1-3H3,(H,14,15). The Bertz CT molecular complexity index is 570. The minimum Gasteiger partial charge on any atom is -0.320 e. The number of fused-ring (bicyclic) bond motifs is 1. The van der Waals surface area contributed by atoms with E-state index >= 15 is 0 Å². The van der Waals surface area contributed by atoms with Crippen molar-refractivity contribution >= 4 is 11.0 Å². The van der Waals surface area contributed by atoms with Gasteiger partial charge in [-0.05, 0) is 37.5 Å². The predicted octanol–water partition coefficient (Wildman–Crippen LogP) is 2.10. The number of pyridine rings is 2. The normalized spacial score (nSPS) is 10.9. The molecule has 3 heteroatoms. The number of nitrogens with one attached hydrogen (secondary N) is 1. The van der Waals surface area contributed by atoms with E-state index < -0.39 is 0 Å². The van der Waals surface area contributed by atoms with Crippen LogP contribution in [0.3, 0.4) is 0 Å². The van der Waals surface area contributed by atoms with Crippen molar-refractivity contribution in [3.8, 4) is 0 Å². The lowest BCUT2D eigenvalue weighted by Gasteiger charge is -2.05. The first kappa shape index (κ1) is 9.90. The molecule has 78 valence electrons. The topological polar surface area (TPSA) is 45.8 Å². The molecule has 0 aliphatic rings. The molecule has 0 radical (unpaired) electrons. The van der Waals surface area contributed by atoms with Crippen LogP contribution in [-0.2, 0) is 6.42 Å². The summed E-state index contributed by atoms with van der Waals surface area (Å²) in [7, 11) is 0. The van der Waals surface area contributed by atoms with Gasteiger partial charge in [-0.2, -0.15) is 0 Å². The van der Waals surface area contributed by atoms with Crippen LogP contribution in [0, 0.1) is 13.8 Å². The third kappa shape index (κ3) is 1.54. The van der Waals surface area contributed by atoms with Crippen molar-refractivity contribution in [1.29, 1.82) is 0 Å². The van der Waals surface area contributed by atoms with Gasteiger partial charge in [-0.25, -0.2) is 0 Å². The highest BCUT2D eigenvalue weighted by Crippen LogP contribution is 2.16. The van der Waals surface area contributed by atoms with Crippen molar-refractivity contribution in [3.05, 3.63) is 39.3 Å². The molecular weight excluding hydrogens is 188 g/mol. The van der Waals surface area contributed by atoms with Crippen LogP contribution in [0.1, 0.15) is 23.6 Å². The van der Waals surface area contributed by atoms with Crippen molar-refractivity contribution in [2.45, 2.75) is 27.2 Å². The van der Waals surface area contributed by atoms with Gasteiger partial charge < -0.3 is 4.98 Å². The molecule has 1 N–H and O–H groups in total. The molecule has 0 aliphatic heterocycles. The molecule has 0 bridgehead atoms. The average Bonchev–Trinajstić information content (AvgIpc) is 2.24. The summed E-state index contributed by atoms with van der Waals surface area (Å²) in [4.78, 5) is 18.9. The molecule has 0 aliphatic carbocycles. The van der Waals surface area contributed by atoms with Crippen LogP contribution in [0.2, 0.25) is 0 Å². The van der Waals surface area contributed by atoms with Crippen molar-refractivity contribution < 1.29 is 0 Å². The molecule has 0 unspecified atom stereocenters. The molecule has 0 fully saturated rings. The lowest BCUT2D eigenvalue weighted by atomic mass is 10.1. The van der Waals surface area contributed by atoms with E-state index in [-0.39, 0.29) is 5.56 Å². The van der Waals surface area contributed by atoms with Gasteiger partial charge in [0.2, 0.25) is 0 Å². The Morgan fingerprint density at radius 1 is 1.40 bits per heavy atom. The Kier molecular flexibility index (Phi) is 2.31. The fourth-order valence-electron chi connectivity index (χ4n) is 1.67. The fourth-order valence-corrected chi connectivity index (χ4v) is 1.67. The van der Waals surface area contributed by atoms with Gasteiger partial charge in [-0.1, -0.05) is 6.92 Å². The van der Waals surface area contributed by atoms with Crippen LogP contribution < -0.4 is 5.56 Å². The second-order valence-corrected chi connectivity index (χ2v) is 3.80. The molecule has 0 saturated carbocycles. The molecule has 3 nitrogen and oxygen atoms in total. The molecule has 2 aromatic rings. The lowest BCUT2D eigenvalue weighted by Crippen LogP contribution is -2.12. The average molecular weight is 202 g/mol. The van der Waals surface area contributed by atoms with E-state index in [1.165, 1.54) is 0 Å². The Hall–Kier alpha value is -1.64. The molecule has 2 heterocycles. The molecule has 15 heavy (non-hydrogen) atoms. The van der Waals surface area contributed by atoms with Crippen LogP contribution in [0.5, 0.6) is 0 Å². The summed E-state index contributed by atoms with van der Waals surface area (Å²) in [6, 6.07) is 1.88. The third-order valence-corrected chi connectivity index (χ3v) is 2.84. The monoisotopic (exact) mass is 202 g/mol. The van der Waals surface area contributed by atoms with Gasteiger partial charge in [0.1, 0.15) is 0 Å². The Labute approximate surface area is 88.2 Å². The first-order chi connectivity index (χ1) is 7.13. The maximum absolute atomic E-state index is 11.6. The maximum atomic E-state index is 11.6. The molecule has 0 aromatic carbocycles. The van der Waals surface area contributed by atoms with Crippen molar-refractivity contribution in [2.75, 3.05) is 0 Å². The minimum atomic E-state index is 0.000463. The summed E-state index contributed by atoms with van der Waals surface area (Å²) in [6.07, 6.45) is 2.58. The van der Waals surface area contributed by atoms with E-state index in [0.717, 1.165) is 34.1 Å².